The molecule has 0 bridgehead atoms. The molecule has 0 saturated heterocycles. The Kier molecular flexibility index (Phi) is 3.59. The van der Waals surface area contributed by atoms with Gasteiger partial charge in [-0.2, -0.15) is 0 Å². The molecule has 0 amide bonds. The Balaban J connectivity index is 2.09. The Morgan fingerprint density at radius 2 is 2.20 bits per heavy atom. The van der Waals surface area contributed by atoms with Crippen LogP contribution in [-0.2, 0) is 0 Å². The highest BCUT2D eigenvalue weighted by atomic mass is 33.1. The van der Waals surface area contributed by atoms with Crippen LogP contribution >= 0.6 is 21.6 Å². The van der Waals surface area contributed by atoms with Gasteiger partial charge in [0.1, 0.15) is 5.52 Å². The van der Waals surface area contributed by atoms with E-state index >= 15 is 0 Å². The van der Waals surface area contributed by atoms with Crippen LogP contribution in [0.1, 0.15) is 20.3 Å². The molecule has 1 atom stereocenters. The topological polar surface area (TPSA) is 26.0 Å². The first-order chi connectivity index (χ1) is 7.29. The quantitative estimate of drug-likeness (QED) is 0.740. The Bertz CT molecular complexity index is 408. The van der Waals surface area contributed by atoms with Crippen LogP contribution in [0.5, 0.6) is 0 Å². The minimum atomic E-state index is 0.630. The summed E-state index contributed by atoms with van der Waals surface area (Å²) in [6.07, 6.45) is 1.16. The summed E-state index contributed by atoms with van der Waals surface area (Å²) in [5, 5.41) is 1.38. The SMILES string of the molecule is CCC(C)SSc1nc2ccccc2o1. The lowest BCUT2D eigenvalue weighted by Gasteiger charge is -2.02. The maximum Gasteiger partial charge on any atom is 0.267 e. The number of oxazole rings is 1. The first kappa shape index (κ1) is 10.9. The number of rotatable bonds is 4. The number of fused-ring (bicyclic) bond motifs is 1. The highest BCUT2D eigenvalue weighted by Gasteiger charge is 2.07. The van der Waals surface area contributed by atoms with Crippen molar-refractivity contribution in [3.8, 4) is 0 Å². The van der Waals surface area contributed by atoms with Crippen molar-refractivity contribution in [2.45, 2.75) is 30.7 Å². The molecule has 2 aromatic rings. The summed E-state index contributed by atoms with van der Waals surface area (Å²) in [4.78, 5) is 4.39. The average Bonchev–Trinajstić information content (AvgIpc) is 2.68. The zero-order chi connectivity index (χ0) is 10.7. The van der Waals surface area contributed by atoms with Crippen LogP contribution in [0, 0.1) is 0 Å². The fraction of sp³-hybridized carbons (Fsp3) is 0.364. The van der Waals surface area contributed by atoms with Gasteiger partial charge in [0.15, 0.2) is 5.58 Å². The van der Waals surface area contributed by atoms with E-state index in [0.717, 1.165) is 22.7 Å². The number of benzene rings is 1. The highest BCUT2D eigenvalue weighted by molar-refractivity contribution is 8.76. The molecule has 2 rings (SSSR count). The lowest BCUT2D eigenvalue weighted by molar-refractivity contribution is 0.491. The summed E-state index contributed by atoms with van der Waals surface area (Å²) in [6, 6.07) is 7.85. The molecule has 1 aromatic carbocycles. The maximum atomic E-state index is 5.59. The number of hydrogen-bond acceptors (Lipinski definition) is 4. The minimum absolute atomic E-state index is 0.630. The third-order valence-electron chi connectivity index (χ3n) is 2.13. The average molecular weight is 239 g/mol. The van der Waals surface area contributed by atoms with Crippen molar-refractivity contribution in [3.05, 3.63) is 24.3 Å². The fourth-order valence-corrected chi connectivity index (χ4v) is 3.08. The van der Waals surface area contributed by atoms with E-state index in [1.807, 2.05) is 24.3 Å². The standard InChI is InChI=1S/C11H13NOS2/c1-3-8(2)14-15-11-12-9-6-4-5-7-10(9)13-11/h4-8H,3H2,1-2H3. The van der Waals surface area contributed by atoms with Gasteiger partial charge in [-0.1, -0.05) is 36.8 Å². The largest absolute Gasteiger partial charge is 0.431 e. The van der Waals surface area contributed by atoms with Gasteiger partial charge in [-0.05, 0) is 18.6 Å². The molecule has 0 aliphatic carbocycles. The molecular weight excluding hydrogens is 226 g/mol. The Hall–Kier alpha value is -0.610. The second-order valence-electron chi connectivity index (χ2n) is 3.35. The molecule has 15 heavy (non-hydrogen) atoms. The maximum absolute atomic E-state index is 5.59. The smallest absolute Gasteiger partial charge is 0.267 e. The fourth-order valence-electron chi connectivity index (χ4n) is 1.08. The monoisotopic (exact) mass is 239 g/mol. The number of aromatic nitrogens is 1. The summed E-state index contributed by atoms with van der Waals surface area (Å²) in [5.41, 5.74) is 1.80. The first-order valence-corrected chi connectivity index (χ1v) is 7.19. The lowest BCUT2D eigenvalue weighted by atomic mass is 10.3. The second-order valence-corrected chi connectivity index (χ2v) is 5.94. The van der Waals surface area contributed by atoms with Gasteiger partial charge >= 0.3 is 0 Å². The van der Waals surface area contributed by atoms with Crippen LogP contribution in [-0.4, -0.2) is 10.2 Å². The number of para-hydroxylation sites is 2. The van der Waals surface area contributed by atoms with Gasteiger partial charge < -0.3 is 4.42 Å². The van der Waals surface area contributed by atoms with Crippen LogP contribution < -0.4 is 0 Å². The van der Waals surface area contributed by atoms with Gasteiger partial charge in [-0.3, -0.25) is 0 Å². The number of hydrogen-bond donors (Lipinski definition) is 0. The number of nitrogens with zero attached hydrogens (tertiary/aromatic N) is 1. The molecule has 1 heterocycles. The van der Waals surface area contributed by atoms with Gasteiger partial charge in [0.2, 0.25) is 0 Å². The van der Waals surface area contributed by atoms with Crippen molar-refractivity contribution < 1.29 is 4.42 Å². The Labute approximate surface area is 97.2 Å². The summed E-state index contributed by atoms with van der Waals surface area (Å²) < 4.78 is 5.59. The predicted molar refractivity (Wildman–Crippen MR) is 67.2 cm³/mol. The van der Waals surface area contributed by atoms with Crippen LogP contribution in [0.4, 0.5) is 0 Å². The molecule has 0 radical (unpaired) electrons. The van der Waals surface area contributed by atoms with Gasteiger partial charge in [-0.25, -0.2) is 4.98 Å². The minimum Gasteiger partial charge on any atom is -0.431 e. The first-order valence-electron chi connectivity index (χ1n) is 4.98. The third-order valence-corrected chi connectivity index (χ3v) is 4.91. The molecule has 0 aliphatic heterocycles. The molecule has 0 saturated carbocycles. The van der Waals surface area contributed by atoms with Crippen LogP contribution in [0.2, 0.25) is 0 Å². The van der Waals surface area contributed by atoms with Crippen molar-refractivity contribution in [1.82, 2.24) is 4.98 Å². The van der Waals surface area contributed by atoms with Crippen molar-refractivity contribution in [2.24, 2.45) is 0 Å². The van der Waals surface area contributed by atoms with Crippen LogP contribution in [0.25, 0.3) is 11.1 Å². The Morgan fingerprint density at radius 1 is 1.40 bits per heavy atom. The lowest BCUT2D eigenvalue weighted by Crippen LogP contribution is -1.87. The molecule has 2 nitrogen and oxygen atoms in total. The molecule has 80 valence electrons. The highest BCUT2D eigenvalue weighted by Crippen LogP contribution is 2.36. The van der Waals surface area contributed by atoms with Gasteiger partial charge in [0.05, 0.1) is 0 Å². The van der Waals surface area contributed by atoms with E-state index in [4.69, 9.17) is 4.42 Å². The van der Waals surface area contributed by atoms with Gasteiger partial charge in [0, 0.05) is 16.0 Å². The molecular formula is C11H13NOS2. The molecule has 1 aromatic heterocycles. The molecule has 0 aliphatic rings. The molecule has 0 fully saturated rings. The Morgan fingerprint density at radius 3 is 2.93 bits per heavy atom. The summed E-state index contributed by atoms with van der Waals surface area (Å²) in [6.45, 7) is 4.39. The van der Waals surface area contributed by atoms with E-state index in [1.54, 1.807) is 21.6 Å². The summed E-state index contributed by atoms with van der Waals surface area (Å²) in [7, 11) is 3.42. The zero-order valence-corrected chi connectivity index (χ0v) is 10.4. The molecule has 4 heteroatoms. The van der Waals surface area contributed by atoms with E-state index in [2.05, 4.69) is 18.8 Å². The van der Waals surface area contributed by atoms with Crippen molar-refractivity contribution in [2.75, 3.05) is 0 Å². The second kappa shape index (κ2) is 4.94. The van der Waals surface area contributed by atoms with Crippen molar-refractivity contribution >= 4 is 32.7 Å². The molecule has 0 spiro atoms. The predicted octanol–water partition coefficient (Wildman–Crippen LogP) is 4.37. The van der Waals surface area contributed by atoms with E-state index in [-0.39, 0.29) is 0 Å². The van der Waals surface area contributed by atoms with E-state index in [0.29, 0.717) is 5.25 Å². The van der Waals surface area contributed by atoms with E-state index < -0.39 is 0 Å². The van der Waals surface area contributed by atoms with E-state index in [1.165, 1.54) is 0 Å². The zero-order valence-electron chi connectivity index (χ0n) is 8.77. The normalized spacial score (nSPS) is 13.2. The van der Waals surface area contributed by atoms with E-state index in [9.17, 15) is 0 Å². The van der Waals surface area contributed by atoms with Crippen LogP contribution in [0.15, 0.2) is 33.9 Å². The summed E-state index contributed by atoms with van der Waals surface area (Å²) >= 11 is 0. The molecule has 0 N–H and O–H groups in total. The van der Waals surface area contributed by atoms with Crippen molar-refractivity contribution in [3.63, 3.8) is 0 Å². The third kappa shape index (κ3) is 2.69. The van der Waals surface area contributed by atoms with Gasteiger partial charge in [0.25, 0.3) is 5.22 Å². The molecule has 1 unspecified atom stereocenters. The van der Waals surface area contributed by atoms with Gasteiger partial charge in [-0.15, -0.1) is 0 Å². The summed E-state index contributed by atoms with van der Waals surface area (Å²) in [5.74, 6) is 0. The van der Waals surface area contributed by atoms with Crippen LogP contribution in [0.3, 0.4) is 0 Å². The van der Waals surface area contributed by atoms with Crippen molar-refractivity contribution in [1.29, 1.82) is 0 Å².